The lowest BCUT2D eigenvalue weighted by Gasteiger charge is -2.12. The van der Waals surface area contributed by atoms with E-state index in [1.165, 1.54) is 10.8 Å². The maximum atomic E-state index is 4.33. The highest BCUT2D eigenvalue weighted by Crippen LogP contribution is 2.25. The van der Waals surface area contributed by atoms with Crippen molar-refractivity contribution in [2.45, 2.75) is 13.8 Å². The fraction of sp³-hybridized carbons (Fsp3) is 0.176. The van der Waals surface area contributed by atoms with Gasteiger partial charge < -0.3 is 10.6 Å². The number of rotatable bonds is 4. The van der Waals surface area contributed by atoms with Crippen molar-refractivity contribution in [2.75, 3.05) is 17.2 Å². The first-order valence-electron chi connectivity index (χ1n) is 7.09. The van der Waals surface area contributed by atoms with Crippen LogP contribution in [0.3, 0.4) is 0 Å². The molecule has 0 atom stereocenters. The maximum absolute atomic E-state index is 4.33. The second-order valence-corrected chi connectivity index (χ2v) is 4.91. The normalized spacial score (nSPS) is 10.6. The standard InChI is InChI=1S/C17H18N4/c1-3-18-16-12(2)17(20-11-19-16)21-15-9-8-13-6-4-5-7-14(13)10-15/h4-11H,3H2,1-2H3,(H2,18,19,20,21). The van der Waals surface area contributed by atoms with E-state index < -0.39 is 0 Å². The average Bonchev–Trinajstić information content (AvgIpc) is 2.51. The molecule has 0 aliphatic rings. The Labute approximate surface area is 124 Å². The van der Waals surface area contributed by atoms with Gasteiger partial charge >= 0.3 is 0 Å². The molecular formula is C17H18N4. The molecular weight excluding hydrogens is 260 g/mol. The Morgan fingerprint density at radius 3 is 2.52 bits per heavy atom. The second kappa shape index (κ2) is 5.79. The molecule has 4 heteroatoms. The molecule has 21 heavy (non-hydrogen) atoms. The largest absolute Gasteiger partial charge is 0.370 e. The van der Waals surface area contributed by atoms with Gasteiger partial charge in [0.2, 0.25) is 0 Å². The SMILES string of the molecule is CCNc1ncnc(Nc2ccc3ccccc3c2)c1C. The molecule has 4 nitrogen and oxygen atoms in total. The molecule has 0 saturated heterocycles. The monoisotopic (exact) mass is 278 g/mol. The predicted octanol–water partition coefficient (Wildman–Crippen LogP) is 4.11. The van der Waals surface area contributed by atoms with E-state index in [0.717, 1.165) is 29.4 Å². The van der Waals surface area contributed by atoms with Gasteiger partial charge in [-0.25, -0.2) is 9.97 Å². The Balaban J connectivity index is 1.93. The van der Waals surface area contributed by atoms with Gasteiger partial charge in [-0.15, -0.1) is 0 Å². The molecule has 3 rings (SSSR count). The fourth-order valence-electron chi connectivity index (χ4n) is 2.33. The van der Waals surface area contributed by atoms with Crippen LogP contribution in [0.4, 0.5) is 17.3 Å². The van der Waals surface area contributed by atoms with E-state index >= 15 is 0 Å². The van der Waals surface area contributed by atoms with E-state index in [2.05, 4.69) is 57.9 Å². The third-order valence-electron chi connectivity index (χ3n) is 3.44. The van der Waals surface area contributed by atoms with E-state index in [1.807, 2.05) is 19.1 Å². The number of benzene rings is 2. The van der Waals surface area contributed by atoms with Crippen molar-refractivity contribution in [2.24, 2.45) is 0 Å². The number of aromatic nitrogens is 2. The summed E-state index contributed by atoms with van der Waals surface area (Å²) in [5.74, 6) is 1.70. The molecule has 106 valence electrons. The predicted molar refractivity (Wildman–Crippen MR) is 88.2 cm³/mol. The zero-order valence-corrected chi connectivity index (χ0v) is 12.2. The second-order valence-electron chi connectivity index (χ2n) is 4.91. The van der Waals surface area contributed by atoms with Crippen molar-refractivity contribution in [1.29, 1.82) is 0 Å². The Kier molecular flexibility index (Phi) is 3.69. The van der Waals surface area contributed by atoms with Crippen LogP contribution in [-0.2, 0) is 0 Å². The van der Waals surface area contributed by atoms with Crippen LogP contribution in [0.15, 0.2) is 48.8 Å². The zero-order chi connectivity index (χ0) is 14.7. The van der Waals surface area contributed by atoms with Gasteiger partial charge in [-0.2, -0.15) is 0 Å². The molecule has 2 N–H and O–H groups in total. The van der Waals surface area contributed by atoms with Crippen LogP contribution in [-0.4, -0.2) is 16.5 Å². The quantitative estimate of drug-likeness (QED) is 0.754. The highest BCUT2D eigenvalue weighted by Gasteiger charge is 2.06. The summed E-state index contributed by atoms with van der Waals surface area (Å²) in [7, 11) is 0. The Morgan fingerprint density at radius 1 is 0.952 bits per heavy atom. The van der Waals surface area contributed by atoms with Crippen LogP contribution >= 0.6 is 0 Å². The van der Waals surface area contributed by atoms with Crippen molar-refractivity contribution >= 4 is 28.1 Å². The minimum absolute atomic E-state index is 0.830. The summed E-state index contributed by atoms with van der Waals surface area (Å²) in [5, 5.41) is 9.05. The van der Waals surface area contributed by atoms with Crippen LogP contribution in [0.2, 0.25) is 0 Å². The van der Waals surface area contributed by atoms with Crippen LogP contribution in [0.5, 0.6) is 0 Å². The molecule has 3 aromatic rings. The van der Waals surface area contributed by atoms with E-state index in [-0.39, 0.29) is 0 Å². The van der Waals surface area contributed by atoms with Crippen molar-refractivity contribution < 1.29 is 0 Å². The first kappa shape index (κ1) is 13.4. The maximum Gasteiger partial charge on any atom is 0.138 e. The van der Waals surface area contributed by atoms with E-state index in [9.17, 15) is 0 Å². The molecule has 0 spiro atoms. The molecule has 0 saturated carbocycles. The number of anilines is 3. The van der Waals surface area contributed by atoms with Crippen molar-refractivity contribution in [1.82, 2.24) is 9.97 Å². The smallest absolute Gasteiger partial charge is 0.138 e. The Morgan fingerprint density at radius 2 is 1.71 bits per heavy atom. The minimum Gasteiger partial charge on any atom is -0.370 e. The molecule has 0 fully saturated rings. The van der Waals surface area contributed by atoms with Gasteiger partial charge in [-0.1, -0.05) is 30.3 Å². The van der Waals surface area contributed by atoms with Crippen molar-refractivity contribution in [3.63, 3.8) is 0 Å². The summed E-state index contributed by atoms with van der Waals surface area (Å²) in [6.07, 6.45) is 1.58. The van der Waals surface area contributed by atoms with Crippen molar-refractivity contribution in [3.05, 3.63) is 54.4 Å². The lowest BCUT2D eigenvalue weighted by Crippen LogP contribution is -2.05. The Bertz CT molecular complexity index is 768. The lowest BCUT2D eigenvalue weighted by atomic mass is 10.1. The van der Waals surface area contributed by atoms with Gasteiger partial charge in [0.25, 0.3) is 0 Å². The number of nitrogens with zero attached hydrogens (tertiary/aromatic N) is 2. The Hall–Kier alpha value is -2.62. The summed E-state index contributed by atoms with van der Waals surface area (Å²) < 4.78 is 0. The summed E-state index contributed by atoms with van der Waals surface area (Å²) >= 11 is 0. The molecule has 0 unspecified atom stereocenters. The number of hydrogen-bond acceptors (Lipinski definition) is 4. The molecule has 2 aromatic carbocycles. The summed E-state index contributed by atoms with van der Waals surface area (Å²) in [4.78, 5) is 8.59. The van der Waals surface area contributed by atoms with Crippen LogP contribution in [0, 0.1) is 6.92 Å². The third kappa shape index (κ3) is 2.79. The average molecular weight is 278 g/mol. The van der Waals surface area contributed by atoms with Crippen LogP contribution < -0.4 is 10.6 Å². The fourth-order valence-corrected chi connectivity index (χ4v) is 2.33. The van der Waals surface area contributed by atoms with Crippen LogP contribution in [0.25, 0.3) is 10.8 Å². The molecule has 0 amide bonds. The number of fused-ring (bicyclic) bond motifs is 1. The number of hydrogen-bond donors (Lipinski definition) is 2. The highest BCUT2D eigenvalue weighted by atomic mass is 15.1. The molecule has 1 aromatic heterocycles. The van der Waals surface area contributed by atoms with E-state index in [4.69, 9.17) is 0 Å². The van der Waals surface area contributed by atoms with Gasteiger partial charge in [-0.3, -0.25) is 0 Å². The van der Waals surface area contributed by atoms with Gasteiger partial charge in [-0.05, 0) is 36.8 Å². The minimum atomic E-state index is 0.830. The van der Waals surface area contributed by atoms with Gasteiger partial charge in [0.15, 0.2) is 0 Å². The topological polar surface area (TPSA) is 49.8 Å². The van der Waals surface area contributed by atoms with Crippen LogP contribution in [0.1, 0.15) is 12.5 Å². The molecule has 0 bridgehead atoms. The molecule has 0 aliphatic heterocycles. The number of nitrogens with one attached hydrogen (secondary N) is 2. The van der Waals surface area contributed by atoms with Gasteiger partial charge in [0.1, 0.15) is 18.0 Å². The van der Waals surface area contributed by atoms with E-state index in [0.29, 0.717) is 0 Å². The summed E-state index contributed by atoms with van der Waals surface area (Å²) in [6, 6.07) is 14.6. The van der Waals surface area contributed by atoms with Crippen molar-refractivity contribution in [3.8, 4) is 0 Å². The van der Waals surface area contributed by atoms with Gasteiger partial charge in [0, 0.05) is 17.8 Å². The zero-order valence-electron chi connectivity index (χ0n) is 12.2. The van der Waals surface area contributed by atoms with Gasteiger partial charge in [0.05, 0.1) is 0 Å². The summed E-state index contributed by atoms with van der Waals surface area (Å²) in [5.41, 5.74) is 2.05. The first-order valence-corrected chi connectivity index (χ1v) is 7.09. The van der Waals surface area contributed by atoms with E-state index in [1.54, 1.807) is 6.33 Å². The highest BCUT2D eigenvalue weighted by molar-refractivity contribution is 5.86. The molecule has 0 radical (unpaired) electrons. The summed E-state index contributed by atoms with van der Waals surface area (Å²) in [6.45, 7) is 4.91. The lowest BCUT2D eigenvalue weighted by molar-refractivity contribution is 1.08. The third-order valence-corrected chi connectivity index (χ3v) is 3.44. The molecule has 1 heterocycles. The molecule has 0 aliphatic carbocycles. The first-order chi connectivity index (χ1) is 10.3.